The second kappa shape index (κ2) is 8.90. The highest BCUT2D eigenvalue weighted by atomic mass is 35.5. The number of rotatable bonds is 5. The van der Waals surface area contributed by atoms with Gasteiger partial charge in [-0.2, -0.15) is 5.10 Å². The van der Waals surface area contributed by atoms with Crippen LogP contribution in [0.15, 0.2) is 52.3 Å². The molecule has 0 heterocycles. The molecule has 0 radical (unpaired) electrons. The smallest absolute Gasteiger partial charge is 0.319 e. The monoisotopic (exact) mass is 458 g/mol. The number of allylic oxidation sites excluding steroid dienone is 4. The number of aliphatic hydroxyl groups excluding tert-OH is 1. The van der Waals surface area contributed by atoms with Gasteiger partial charge in [0.1, 0.15) is 5.76 Å². The summed E-state index contributed by atoms with van der Waals surface area (Å²) in [7, 11) is 0. The van der Waals surface area contributed by atoms with Crippen LogP contribution in [0, 0.1) is 10.8 Å². The highest BCUT2D eigenvalue weighted by molar-refractivity contribution is 6.30. The third-order valence-corrected chi connectivity index (χ3v) is 6.50. The molecule has 0 spiro atoms. The Morgan fingerprint density at radius 1 is 1.22 bits per heavy atom. The number of carboxylic acid groups (broad SMARTS) is 1. The van der Waals surface area contributed by atoms with Crippen LogP contribution in [0.2, 0.25) is 5.02 Å². The van der Waals surface area contributed by atoms with Crippen LogP contribution in [0.5, 0.6) is 0 Å². The van der Waals surface area contributed by atoms with E-state index < -0.39 is 17.3 Å². The highest BCUT2D eigenvalue weighted by Crippen LogP contribution is 2.44. The number of halogens is 1. The number of benzene rings is 1. The highest BCUT2D eigenvalue weighted by Gasteiger charge is 2.49. The molecule has 1 aromatic rings. The number of nitrogens with zero attached hydrogens (tertiary/aromatic N) is 1. The van der Waals surface area contributed by atoms with Crippen LogP contribution in [0.4, 0.5) is 0 Å². The van der Waals surface area contributed by atoms with Crippen molar-refractivity contribution in [2.24, 2.45) is 15.9 Å². The average molecular weight is 459 g/mol. The van der Waals surface area contributed by atoms with Crippen molar-refractivity contribution < 1.29 is 24.6 Å². The predicted molar refractivity (Wildman–Crippen MR) is 122 cm³/mol. The van der Waals surface area contributed by atoms with Gasteiger partial charge in [-0.05, 0) is 42.9 Å². The number of carbonyl (C=O) groups is 3. The molecule has 0 bridgehead atoms. The minimum Gasteiger partial charge on any atom is -0.511 e. The number of Topliss-reactive ketones (excluding diaryl/α,β-unsaturated/α-hetero) is 1. The maximum Gasteiger partial charge on any atom is 0.319 e. The molecule has 2 aliphatic rings. The fraction of sp³-hybridized carbons (Fsp3) is 0.417. The second-order valence-corrected chi connectivity index (χ2v) is 9.78. The van der Waals surface area contributed by atoms with Gasteiger partial charge in [0.15, 0.2) is 11.2 Å². The molecular weight excluding hydrogens is 432 g/mol. The van der Waals surface area contributed by atoms with Crippen LogP contribution < -0.4 is 5.43 Å². The van der Waals surface area contributed by atoms with E-state index in [1.54, 1.807) is 18.2 Å². The van der Waals surface area contributed by atoms with Gasteiger partial charge in [-0.15, -0.1) is 0 Å². The molecule has 0 saturated carbocycles. The van der Waals surface area contributed by atoms with Gasteiger partial charge in [-0.3, -0.25) is 14.4 Å². The molecule has 1 aromatic carbocycles. The number of carboxylic acids is 1. The molecule has 2 aliphatic carbocycles. The normalized spacial score (nSPS) is 25.6. The van der Waals surface area contributed by atoms with E-state index in [2.05, 4.69) is 10.5 Å². The Balaban J connectivity index is 1.81. The van der Waals surface area contributed by atoms with Crippen LogP contribution in [0.1, 0.15) is 57.9 Å². The number of ketones is 1. The Kier molecular flexibility index (Phi) is 6.60. The minimum absolute atomic E-state index is 0.0284. The van der Waals surface area contributed by atoms with E-state index in [0.29, 0.717) is 11.4 Å². The first-order valence-corrected chi connectivity index (χ1v) is 10.8. The zero-order valence-electron chi connectivity index (χ0n) is 18.3. The van der Waals surface area contributed by atoms with Crippen molar-refractivity contribution in [3.63, 3.8) is 0 Å². The molecule has 170 valence electrons. The first-order chi connectivity index (χ1) is 14.9. The minimum atomic E-state index is -1.71. The molecule has 3 rings (SSSR count). The first kappa shape index (κ1) is 23.7. The number of hydrogen-bond acceptors (Lipinski definition) is 5. The van der Waals surface area contributed by atoms with Crippen molar-refractivity contribution in [1.29, 1.82) is 0 Å². The van der Waals surface area contributed by atoms with Crippen molar-refractivity contribution in [3.05, 3.63) is 57.8 Å². The molecule has 0 saturated heterocycles. The molecule has 2 atom stereocenters. The fourth-order valence-electron chi connectivity index (χ4n) is 4.31. The topological polar surface area (TPSA) is 116 Å². The lowest BCUT2D eigenvalue weighted by Crippen LogP contribution is -2.47. The van der Waals surface area contributed by atoms with Crippen molar-refractivity contribution in [2.75, 3.05) is 0 Å². The number of amides is 1. The second-order valence-electron chi connectivity index (χ2n) is 9.35. The zero-order valence-corrected chi connectivity index (χ0v) is 19.1. The summed E-state index contributed by atoms with van der Waals surface area (Å²) in [5.74, 6) is -2.64. The van der Waals surface area contributed by atoms with Gasteiger partial charge in [0, 0.05) is 23.8 Å². The molecule has 32 heavy (non-hydrogen) atoms. The number of hydrogen-bond donors (Lipinski definition) is 3. The van der Waals surface area contributed by atoms with E-state index in [1.807, 2.05) is 32.9 Å². The number of nitrogens with one attached hydrogen (secondary N) is 1. The molecule has 0 aromatic heterocycles. The van der Waals surface area contributed by atoms with E-state index in [4.69, 9.17) is 11.6 Å². The molecule has 8 heteroatoms. The Labute approximate surface area is 191 Å². The molecule has 7 nitrogen and oxygen atoms in total. The van der Waals surface area contributed by atoms with Crippen LogP contribution >= 0.6 is 11.6 Å². The standard InChI is InChI=1S/C24H27ClN2O5/c1-14-8-9-24(22(31)32,10-17(14)15-4-6-16(25)7-5-15)21(30)27-26-13-18-19(28)11-23(2,3)12-20(18)29/h4-8,13,17,28H,9-12H2,1-3H3,(H,27,30)(H,31,32)/b26-13+. The molecule has 1 amide bonds. The molecule has 2 unspecified atom stereocenters. The lowest BCUT2D eigenvalue weighted by Gasteiger charge is -2.35. The van der Waals surface area contributed by atoms with Crippen LogP contribution in [0.3, 0.4) is 0 Å². The van der Waals surface area contributed by atoms with Crippen LogP contribution in [-0.4, -0.2) is 34.1 Å². The molecule has 0 fully saturated rings. The quantitative estimate of drug-likeness (QED) is 0.259. The lowest BCUT2D eigenvalue weighted by molar-refractivity contribution is -0.157. The third kappa shape index (κ3) is 4.78. The van der Waals surface area contributed by atoms with Gasteiger partial charge < -0.3 is 10.2 Å². The maximum absolute atomic E-state index is 13.0. The largest absolute Gasteiger partial charge is 0.511 e. The van der Waals surface area contributed by atoms with Crippen molar-refractivity contribution >= 4 is 35.5 Å². The summed E-state index contributed by atoms with van der Waals surface area (Å²) in [4.78, 5) is 37.5. The van der Waals surface area contributed by atoms with E-state index in [0.717, 1.165) is 17.4 Å². The summed E-state index contributed by atoms with van der Waals surface area (Å²) in [5.41, 5.74) is 2.10. The number of aliphatic carboxylic acids is 1. The van der Waals surface area contributed by atoms with Crippen LogP contribution in [0.25, 0.3) is 0 Å². The van der Waals surface area contributed by atoms with Crippen molar-refractivity contribution in [1.82, 2.24) is 5.43 Å². The average Bonchev–Trinajstić information content (AvgIpc) is 2.70. The van der Waals surface area contributed by atoms with Gasteiger partial charge in [-0.1, -0.05) is 49.2 Å². The Morgan fingerprint density at radius 2 is 1.88 bits per heavy atom. The number of aliphatic hydroxyl groups is 1. The van der Waals surface area contributed by atoms with Gasteiger partial charge in [0.2, 0.25) is 0 Å². The molecule has 0 aliphatic heterocycles. The van der Waals surface area contributed by atoms with Crippen molar-refractivity contribution in [2.45, 2.75) is 52.4 Å². The Morgan fingerprint density at radius 3 is 2.47 bits per heavy atom. The van der Waals surface area contributed by atoms with E-state index >= 15 is 0 Å². The third-order valence-electron chi connectivity index (χ3n) is 6.25. The summed E-state index contributed by atoms with van der Waals surface area (Å²) < 4.78 is 0. The van der Waals surface area contributed by atoms with Gasteiger partial charge in [0.25, 0.3) is 5.91 Å². The number of carbonyl (C=O) groups excluding carboxylic acids is 2. The number of hydrazone groups is 1. The molecule has 3 N–H and O–H groups in total. The Bertz CT molecular complexity index is 1040. The van der Waals surface area contributed by atoms with Gasteiger partial charge >= 0.3 is 5.97 Å². The summed E-state index contributed by atoms with van der Waals surface area (Å²) >= 11 is 5.97. The van der Waals surface area contributed by atoms with Crippen molar-refractivity contribution in [3.8, 4) is 0 Å². The summed E-state index contributed by atoms with van der Waals surface area (Å²) in [6.07, 6.45) is 3.52. The van der Waals surface area contributed by atoms with Gasteiger partial charge in [-0.25, -0.2) is 5.43 Å². The van der Waals surface area contributed by atoms with Gasteiger partial charge in [0.05, 0.1) is 11.8 Å². The predicted octanol–water partition coefficient (Wildman–Crippen LogP) is 4.54. The van der Waals surface area contributed by atoms with Crippen LogP contribution in [-0.2, 0) is 14.4 Å². The van der Waals surface area contributed by atoms with E-state index in [9.17, 15) is 24.6 Å². The maximum atomic E-state index is 13.0. The zero-order chi connectivity index (χ0) is 23.7. The Hall–Kier alpha value is -2.93. The summed E-state index contributed by atoms with van der Waals surface area (Å²) in [6.45, 7) is 5.67. The molecular formula is C24H27ClN2O5. The first-order valence-electron chi connectivity index (χ1n) is 10.4. The fourth-order valence-corrected chi connectivity index (χ4v) is 4.44. The SMILES string of the molecule is CC1=CCC(C(=O)O)(C(=O)N/N=C/C2=C(O)CC(C)(C)CC2=O)CC1c1ccc(Cl)cc1. The van der Waals surface area contributed by atoms with E-state index in [1.165, 1.54) is 0 Å². The lowest BCUT2D eigenvalue weighted by atomic mass is 9.68. The summed E-state index contributed by atoms with van der Waals surface area (Å²) in [6, 6.07) is 7.11. The van der Waals surface area contributed by atoms with E-state index in [-0.39, 0.29) is 47.7 Å². The summed E-state index contributed by atoms with van der Waals surface area (Å²) in [5, 5.41) is 24.5.